The predicted molar refractivity (Wildman–Crippen MR) is 126 cm³/mol. The van der Waals surface area contributed by atoms with Crippen LogP contribution in [0.1, 0.15) is 24.0 Å². The van der Waals surface area contributed by atoms with Gasteiger partial charge in [0.15, 0.2) is 0 Å². The van der Waals surface area contributed by atoms with Gasteiger partial charge in [0.25, 0.3) is 11.1 Å². The zero-order valence-corrected chi connectivity index (χ0v) is 19.4. The van der Waals surface area contributed by atoms with Crippen LogP contribution >= 0.6 is 35.0 Å². The van der Waals surface area contributed by atoms with Crippen LogP contribution in [0.2, 0.25) is 10.0 Å². The zero-order chi connectivity index (χ0) is 22.7. The molecule has 9 heteroatoms. The van der Waals surface area contributed by atoms with Gasteiger partial charge < -0.3 is 9.64 Å². The lowest BCUT2D eigenvalue weighted by molar-refractivity contribution is -0.135. The van der Waals surface area contributed by atoms with Gasteiger partial charge in [-0.25, -0.2) is 0 Å². The lowest BCUT2D eigenvalue weighted by atomic mass is 10.2. The summed E-state index contributed by atoms with van der Waals surface area (Å²) in [6, 6.07) is 12.4. The van der Waals surface area contributed by atoms with E-state index in [0.29, 0.717) is 34.4 Å². The molecule has 3 amide bonds. The third-order valence-corrected chi connectivity index (χ3v) is 6.69. The Morgan fingerprint density at radius 3 is 2.62 bits per heavy atom. The molecule has 4 rings (SSSR count). The average Bonchev–Trinajstić information content (AvgIpc) is 3.39. The number of ether oxygens (including phenoxy) is 1. The first kappa shape index (κ1) is 22.7. The van der Waals surface area contributed by atoms with Crippen LogP contribution in [0, 0.1) is 0 Å². The summed E-state index contributed by atoms with van der Waals surface area (Å²) in [5.74, 6) is -0.0534. The maximum atomic E-state index is 12.7. The highest BCUT2D eigenvalue weighted by molar-refractivity contribution is 8.18. The van der Waals surface area contributed by atoms with Crippen molar-refractivity contribution in [1.82, 2.24) is 9.80 Å². The number of imide groups is 1. The molecule has 2 aromatic rings. The molecule has 0 atom stereocenters. The minimum atomic E-state index is -0.452. The molecule has 0 spiro atoms. The second-order valence-electron chi connectivity index (χ2n) is 7.45. The molecule has 2 aliphatic rings. The molecule has 0 unspecified atom stereocenters. The minimum Gasteiger partial charge on any atom is -0.489 e. The van der Waals surface area contributed by atoms with Crippen LogP contribution in [0.3, 0.4) is 0 Å². The van der Waals surface area contributed by atoms with Gasteiger partial charge in [0, 0.05) is 28.7 Å². The summed E-state index contributed by atoms with van der Waals surface area (Å²) in [6.45, 7) is 1.40. The molecule has 0 radical (unpaired) electrons. The topological polar surface area (TPSA) is 66.9 Å². The number of halogens is 2. The van der Waals surface area contributed by atoms with Crippen molar-refractivity contribution in [3.63, 3.8) is 0 Å². The van der Waals surface area contributed by atoms with E-state index in [1.807, 2.05) is 6.07 Å². The van der Waals surface area contributed by atoms with Gasteiger partial charge in [-0.05, 0) is 60.5 Å². The van der Waals surface area contributed by atoms with Crippen molar-refractivity contribution < 1.29 is 19.1 Å². The molecular formula is C23H20Cl2N2O4S. The first-order chi connectivity index (χ1) is 15.4. The summed E-state index contributed by atoms with van der Waals surface area (Å²) in [4.78, 5) is 40.4. The Labute approximate surface area is 200 Å². The van der Waals surface area contributed by atoms with Crippen LogP contribution < -0.4 is 4.74 Å². The predicted octanol–water partition coefficient (Wildman–Crippen LogP) is 5.23. The Hall–Kier alpha value is -2.48. The molecule has 0 aliphatic carbocycles. The second kappa shape index (κ2) is 9.98. The Bertz CT molecular complexity index is 1100. The van der Waals surface area contributed by atoms with Crippen molar-refractivity contribution in [3.05, 3.63) is 68.5 Å². The minimum absolute atomic E-state index is 0.192. The SMILES string of the molecule is O=C(CN1C(=O)S/C(=C\c2cccc(OCc3ccc(Cl)cc3Cl)c2)C1=O)N1CCCC1. The number of carbonyl (C=O) groups is 3. The molecule has 6 nitrogen and oxygen atoms in total. The van der Waals surface area contributed by atoms with Gasteiger partial charge in [0.2, 0.25) is 5.91 Å². The van der Waals surface area contributed by atoms with Crippen molar-refractivity contribution in [2.45, 2.75) is 19.4 Å². The molecular weight excluding hydrogens is 471 g/mol. The maximum Gasteiger partial charge on any atom is 0.294 e. The number of hydrogen-bond donors (Lipinski definition) is 0. The highest BCUT2D eigenvalue weighted by atomic mass is 35.5. The van der Waals surface area contributed by atoms with E-state index in [9.17, 15) is 14.4 Å². The van der Waals surface area contributed by atoms with Crippen LogP contribution in [0.5, 0.6) is 5.75 Å². The Kier molecular flexibility index (Phi) is 7.08. The van der Waals surface area contributed by atoms with E-state index in [0.717, 1.165) is 35.1 Å². The van der Waals surface area contributed by atoms with E-state index in [-0.39, 0.29) is 24.0 Å². The monoisotopic (exact) mass is 490 g/mol. The molecule has 0 aromatic heterocycles. The first-order valence-electron chi connectivity index (χ1n) is 10.1. The van der Waals surface area contributed by atoms with Crippen molar-refractivity contribution in [3.8, 4) is 5.75 Å². The number of amides is 3. The number of nitrogens with zero attached hydrogens (tertiary/aromatic N) is 2. The normalized spacial score (nSPS) is 17.5. The number of hydrogen-bond acceptors (Lipinski definition) is 5. The number of carbonyl (C=O) groups excluding carboxylic acids is 3. The summed E-state index contributed by atoms with van der Waals surface area (Å²) in [6.07, 6.45) is 3.54. The average molecular weight is 491 g/mol. The standard InChI is InChI=1S/C23H20Cl2N2O4S/c24-17-7-6-16(19(25)12-17)14-31-18-5-3-4-15(10-18)11-20-22(29)27(23(30)32-20)13-21(28)26-8-1-2-9-26/h3-7,10-12H,1-2,8-9,13-14H2/b20-11-. The highest BCUT2D eigenvalue weighted by Crippen LogP contribution is 2.33. The maximum absolute atomic E-state index is 12.7. The van der Waals surface area contributed by atoms with Crippen molar-refractivity contribution in [2.75, 3.05) is 19.6 Å². The Morgan fingerprint density at radius 1 is 1.09 bits per heavy atom. The fourth-order valence-electron chi connectivity index (χ4n) is 3.48. The van der Waals surface area contributed by atoms with E-state index < -0.39 is 11.1 Å². The van der Waals surface area contributed by atoms with Gasteiger partial charge in [-0.1, -0.05) is 41.4 Å². The van der Waals surface area contributed by atoms with E-state index in [2.05, 4.69) is 0 Å². The molecule has 2 saturated heterocycles. The number of rotatable bonds is 6. The summed E-state index contributed by atoms with van der Waals surface area (Å²) in [5.41, 5.74) is 1.51. The van der Waals surface area contributed by atoms with E-state index in [1.165, 1.54) is 0 Å². The molecule has 32 heavy (non-hydrogen) atoms. The van der Waals surface area contributed by atoms with Gasteiger partial charge >= 0.3 is 0 Å². The molecule has 2 aromatic carbocycles. The van der Waals surface area contributed by atoms with Crippen LogP contribution in [0.4, 0.5) is 4.79 Å². The molecule has 0 N–H and O–H groups in total. The van der Waals surface area contributed by atoms with Gasteiger partial charge in [-0.2, -0.15) is 0 Å². The van der Waals surface area contributed by atoms with Crippen LogP contribution in [0.25, 0.3) is 6.08 Å². The van der Waals surface area contributed by atoms with Crippen LogP contribution in [-0.2, 0) is 16.2 Å². The second-order valence-corrected chi connectivity index (χ2v) is 9.29. The van der Waals surface area contributed by atoms with Gasteiger partial charge in [-0.15, -0.1) is 0 Å². The third kappa shape index (κ3) is 5.28. The lowest BCUT2D eigenvalue weighted by Gasteiger charge is -2.18. The first-order valence-corrected chi connectivity index (χ1v) is 11.7. The summed E-state index contributed by atoms with van der Waals surface area (Å²) in [7, 11) is 0. The lowest BCUT2D eigenvalue weighted by Crippen LogP contribution is -2.40. The highest BCUT2D eigenvalue weighted by Gasteiger charge is 2.37. The van der Waals surface area contributed by atoms with Crippen LogP contribution in [0.15, 0.2) is 47.4 Å². The molecule has 2 aliphatic heterocycles. The fourth-order valence-corrected chi connectivity index (χ4v) is 4.78. The summed E-state index contributed by atoms with van der Waals surface area (Å²) < 4.78 is 5.82. The molecule has 2 fully saturated rings. The largest absolute Gasteiger partial charge is 0.489 e. The van der Waals surface area contributed by atoms with Crippen molar-refractivity contribution >= 4 is 58.1 Å². The third-order valence-electron chi connectivity index (χ3n) is 5.19. The van der Waals surface area contributed by atoms with Crippen LogP contribution in [-0.4, -0.2) is 46.5 Å². The zero-order valence-electron chi connectivity index (χ0n) is 17.1. The molecule has 0 bridgehead atoms. The molecule has 166 valence electrons. The number of thioether (sulfide) groups is 1. The van der Waals surface area contributed by atoms with Gasteiger partial charge in [-0.3, -0.25) is 19.3 Å². The Balaban J connectivity index is 1.42. The summed E-state index contributed by atoms with van der Waals surface area (Å²) >= 11 is 12.9. The number of likely N-dealkylation sites (tertiary alicyclic amines) is 1. The van der Waals surface area contributed by atoms with Gasteiger partial charge in [0.05, 0.1) is 4.91 Å². The Morgan fingerprint density at radius 2 is 1.88 bits per heavy atom. The van der Waals surface area contributed by atoms with Gasteiger partial charge in [0.1, 0.15) is 18.9 Å². The number of benzene rings is 2. The van der Waals surface area contributed by atoms with E-state index >= 15 is 0 Å². The van der Waals surface area contributed by atoms with Crippen molar-refractivity contribution in [2.24, 2.45) is 0 Å². The van der Waals surface area contributed by atoms with Crippen molar-refractivity contribution in [1.29, 1.82) is 0 Å². The van der Waals surface area contributed by atoms with E-state index in [4.69, 9.17) is 27.9 Å². The van der Waals surface area contributed by atoms with E-state index in [1.54, 1.807) is 47.4 Å². The quantitative estimate of drug-likeness (QED) is 0.518. The summed E-state index contributed by atoms with van der Waals surface area (Å²) in [5, 5.41) is 0.640. The molecule has 2 heterocycles. The fraction of sp³-hybridized carbons (Fsp3) is 0.261. The smallest absolute Gasteiger partial charge is 0.294 e. The molecule has 0 saturated carbocycles.